The Morgan fingerprint density at radius 1 is 1.44 bits per heavy atom. The first-order chi connectivity index (χ1) is 7.47. The van der Waals surface area contributed by atoms with Crippen molar-refractivity contribution in [3.8, 4) is 0 Å². The molecule has 0 saturated heterocycles. The van der Waals surface area contributed by atoms with Gasteiger partial charge < -0.3 is 10.8 Å². The Kier molecular flexibility index (Phi) is 4.44. The zero-order valence-electron chi connectivity index (χ0n) is 10.1. The first-order valence-electron chi connectivity index (χ1n) is 5.67. The Morgan fingerprint density at radius 2 is 2.06 bits per heavy atom. The summed E-state index contributed by atoms with van der Waals surface area (Å²) in [7, 11) is 0. The van der Waals surface area contributed by atoms with Gasteiger partial charge >= 0.3 is 0 Å². The molecule has 0 aliphatic carbocycles. The Balaban J connectivity index is 2.91. The van der Waals surface area contributed by atoms with E-state index < -0.39 is 12.1 Å². The summed E-state index contributed by atoms with van der Waals surface area (Å²) in [5.41, 5.74) is 7.12. The summed E-state index contributed by atoms with van der Waals surface area (Å²) < 4.78 is 13.6. The maximum atomic E-state index is 13.6. The van der Waals surface area contributed by atoms with Crippen molar-refractivity contribution >= 4 is 0 Å². The number of halogens is 1. The summed E-state index contributed by atoms with van der Waals surface area (Å²) in [6, 6.07) is 4.25. The standard InChI is InChI=1S/C13H20FNO/c1-4-9(3)13(16)12(15)10-6-5-8(2)7-11(10)14/h5-7,9,12-13,16H,4,15H2,1-3H3/t9?,12-,13+/m0/s1. The lowest BCUT2D eigenvalue weighted by atomic mass is 9.91. The number of hydrogen-bond donors (Lipinski definition) is 2. The minimum absolute atomic E-state index is 0.0655. The second kappa shape index (κ2) is 5.41. The monoisotopic (exact) mass is 225 g/mol. The van der Waals surface area contributed by atoms with Crippen LogP contribution in [0.5, 0.6) is 0 Å². The number of aliphatic hydroxyl groups excluding tert-OH is 1. The first-order valence-corrected chi connectivity index (χ1v) is 5.67. The molecule has 3 heteroatoms. The van der Waals surface area contributed by atoms with Gasteiger partial charge in [0.2, 0.25) is 0 Å². The van der Waals surface area contributed by atoms with Crippen LogP contribution in [0.2, 0.25) is 0 Å². The normalized spacial score (nSPS) is 16.9. The van der Waals surface area contributed by atoms with Gasteiger partial charge in [0.05, 0.1) is 12.1 Å². The summed E-state index contributed by atoms with van der Waals surface area (Å²) in [6.07, 6.45) is 0.115. The van der Waals surface area contributed by atoms with Crippen molar-refractivity contribution < 1.29 is 9.50 Å². The van der Waals surface area contributed by atoms with Crippen LogP contribution >= 0.6 is 0 Å². The third kappa shape index (κ3) is 2.80. The summed E-state index contributed by atoms with van der Waals surface area (Å²) in [5.74, 6) is -0.273. The van der Waals surface area contributed by atoms with Crippen molar-refractivity contribution in [1.82, 2.24) is 0 Å². The highest BCUT2D eigenvalue weighted by Gasteiger charge is 2.23. The minimum atomic E-state index is -0.706. The molecule has 0 amide bonds. The maximum absolute atomic E-state index is 13.6. The molecular formula is C13H20FNO. The van der Waals surface area contributed by atoms with Gasteiger partial charge in [-0.15, -0.1) is 0 Å². The lowest BCUT2D eigenvalue weighted by Gasteiger charge is -2.24. The van der Waals surface area contributed by atoms with Crippen molar-refractivity contribution in [1.29, 1.82) is 0 Å². The van der Waals surface area contributed by atoms with Gasteiger partial charge in [0.1, 0.15) is 5.82 Å². The van der Waals surface area contributed by atoms with Crippen LogP contribution < -0.4 is 5.73 Å². The number of benzene rings is 1. The van der Waals surface area contributed by atoms with E-state index in [4.69, 9.17) is 5.73 Å². The van der Waals surface area contributed by atoms with Gasteiger partial charge in [-0.1, -0.05) is 32.4 Å². The summed E-state index contributed by atoms with van der Waals surface area (Å²) in [5, 5.41) is 9.94. The Bertz CT molecular complexity index is 354. The van der Waals surface area contributed by atoms with E-state index in [0.717, 1.165) is 12.0 Å². The zero-order valence-corrected chi connectivity index (χ0v) is 10.1. The number of nitrogens with two attached hydrogens (primary N) is 1. The van der Waals surface area contributed by atoms with Gasteiger partial charge in [-0.05, 0) is 24.5 Å². The molecule has 3 N–H and O–H groups in total. The molecule has 0 aliphatic heterocycles. The Labute approximate surface area is 96.3 Å². The van der Waals surface area contributed by atoms with E-state index in [1.807, 2.05) is 26.8 Å². The van der Waals surface area contributed by atoms with Crippen LogP contribution in [-0.2, 0) is 0 Å². The van der Waals surface area contributed by atoms with E-state index in [1.165, 1.54) is 6.07 Å². The number of aliphatic hydroxyl groups is 1. The van der Waals surface area contributed by atoms with E-state index in [1.54, 1.807) is 6.07 Å². The lowest BCUT2D eigenvalue weighted by molar-refractivity contribution is 0.0867. The van der Waals surface area contributed by atoms with Crippen molar-refractivity contribution in [3.63, 3.8) is 0 Å². The molecule has 3 atom stereocenters. The van der Waals surface area contributed by atoms with Crippen LogP contribution in [0.15, 0.2) is 18.2 Å². The Morgan fingerprint density at radius 3 is 2.56 bits per heavy atom. The molecule has 2 nitrogen and oxygen atoms in total. The average Bonchev–Trinajstić information content (AvgIpc) is 2.26. The highest BCUT2D eigenvalue weighted by atomic mass is 19.1. The fraction of sp³-hybridized carbons (Fsp3) is 0.538. The fourth-order valence-electron chi connectivity index (χ4n) is 1.68. The number of aryl methyl sites for hydroxylation is 1. The van der Waals surface area contributed by atoms with Crippen LogP contribution in [0.25, 0.3) is 0 Å². The van der Waals surface area contributed by atoms with Crippen LogP contribution in [0.1, 0.15) is 37.4 Å². The molecule has 0 bridgehead atoms. The van der Waals surface area contributed by atoms with Crippen molar-refractivity contribution in [2.24, 2.45) is 11.7 Å². The van der Waals surface area contributed by atoms with Gasteiger partial charge in [0.25, 0.3) is 0 Å². The second-order valence-corrected chi connectivity index (χ2v) is 4.43. The van der Waals surface area contributed by atoms with Gasteiger partial charge in [0, 0.05) is 5.56 Å². The van der Waals surface area contributed by atoms with Crippen molar-refractivity contribution in [3.05, 3.63) is 35.1 Å². The molecule has 0 radical (unpaired) electrons. The quantitative estimate of drug-likeness (QED) is 0.827. The molecule has 0 saturated carbocycles. The molecule has 0 aromatic heterocycles. The molecule has 1 aromatic carbocycles. The first kappa shape index (κ1) is 13.1. The van der Waals surface area contributed by atoms with Crippen LogP contribution in [0, 0.1) is 18.7 Å². The average molecular weight is 225 g/mol. The van der Waals surface area contributed by atoms with E-state index in [9.17, 15) is 9.50 Å². The lowest BCUT2D eigenvalue weighted by Crippen LogP contribution is -2.32. The van der Waals surface area contributed by atoms with Crippen molar-refractivity contribution in [2.45, 2.75) is 39.3 Å². The van der Waals surface area contributed by atoms with Crippen LogP contribution in [0.4, 0.5) is 4.39 Å². The van der Waals surface area contributed by atoms with Crippen LogP contribution in [0.3, 0.4) is 0 Å². The smallest absolute Gasteiger partial charge is 0.128 e. The fourth-order valence-corrected chi connectivity index (χ4v) is 1.68. The third-order valence-electron chi connectivity index (χ3n) is 3.11. The summed E-state index contributed by atoms with van der Waals surface area (Å²) in [4.78, 5) is 0. The summed E-state index contributed by atoms with van der Waals surface area (Å²) in [6.45, 7) is 5.71. The van der Waals surface area contributed by atoms with Gasteiger partial charge in [-0.2, -0.15) is 0 Å². The predicted molar refractivity (Wildman–Crippen MR) is 63.5 cm³/mol. The van der Waals surface area contributed by atoms with Gasteiger partial charge in [-0.3, -0.25) is 0 Å². The van der Waals surface area contributed by atoms with Gasteiger partial charge in [0.15, 0.2) is 0 Å². The summed E-state index contributed by atoms with van der Waals surface area (Å²) >= 11 is 0. The molecular weight excluding hydrogens is 205 g/mol. The molecule has 1 rings (SSSR count). The molecule has 0 aliphatic rings. The highest BCUT2D eigenvalue weighted by Crippen LogP contribution is 2.24. The maximum Gasteiger partial charge on any atom is 0.128 e. The third-order valence-corrected chi connectivity index (χ3v) is 3.11. The molecule has 90 valence electrons. The largest absolute Gasteiger partial charge is 0.391 e. The predicted octanol–water partition coefficient (Wildman–Crippen LogP) is 2.54. The zero-order chi connectivity index (χ0) is 12.3. The molecule has 1 aromatic rings. The van der Waals surface area contributed by atoms with E-state index >= 15 is 0 Å². The van der Waals surface area contributed by atoms with Gasteiger partial charge in [-0.25, -0.2) is 4.39 Å². The highest BCUT2D eigenvalue weighted by molar-refractivity contribution is 5.26. The minimum Gasteiger partial charge on any atom is -0.391 e. The topological polar surface area (TPSA) is 46.2 Å². The number of rotatable bonds is 4. The molecule has 16 heavy (non-hydrogen) atoms. The van der Waals surface area contributed by atoms with Crippen molar-refractivity contribution in [2.75, 3.05) is 0 Å². The SMILES string of the molecule is CCC(C)[C@@H](O)[C@@H](N)c1ccc(C)cc1F. The molecule has 0 spiro atoms. The molecule has 0 heterocycles. The van der Waals surface area contributed by atoms with Crippen LogP contribution in [-0.4, -0.2) is 11.2 Å². The molecule has 1 unspecified atom stereocenters. The molecule has 0 fully saturated rings. The number of hydrogen-bond acceptors (Lipinski definition) is 2. The Hall–Kier alpha value is -0.930. The van der Waals surface area contributed by atoms with E-state index in [-0.39, 0.29) is 11.7 Å². The second-order valence-electron chi connectivity index (χ2n) is 4.43. The van der Waals surface area contributed by atoms with E-state index in [0.29, 0.717) is 5.56 Å². The van der Waals surface area contributed by atoms with E-state index in [2.05, 4.69) is 0 Å².